The van der Waals surface area contributed by atoms with Gasteiger partial charge in [0.25, 0.3) is 5.91 Å². The van der Waals surface area contributed by atoms with E-state index in [1.807, 2.05) is 42.7 Å². The largest absolute Gasteiger partial charge is 0.497 e. The highest BCUT2D eigenvalue weighted by molar-refractivity contribution is 5.93. The first-order chi connectivity index (χ1) is 14.1. The standard InChI is InChI=1S/C21H24N4O4/c1-13-17(14(2)29-24-13)8-9-22-21(26)20-18-11-28-19(10-25(18)12-23-20)15-4-6-16(27-3)7-5-15/h4-7,12,19H,8-11H2,1-3H3,(H,22,26)/t19-/m0/s1. The molecule has 0 aliphatic carbocycles. The smallest absolute Gasteiger partial charge is 0.271 e. The molecule has 3 heterocycles. The number of aromatic nitrogens is 3. The van der Waals surface area contributed by atoms with Gasteiger partial charge in [0.05, 0.1) is 38.0 Å². The van der Waals surface area contributed by atoms with E-state index in [0.29, 0.717) is 31.8 Å². The van der Waals surface area contributed by atoms with E-state index in [0.717, 1.165) is 34.0 Å². The minimum atomic E-state index is -0.197. The molecule has 0 fully saturated rings. The van der Waals surface area contributed by atoms with Gasteiger partial charge in [-0.15, -0.1) is 0 Å². The Labute approximate surface area is 168 Å². The van der Waals surface area contributed by atoms with Crippen molar-refractivity contribution in [1.29, 1.82) is 0 Å². The Bertz CT molecular complexity index is 987. The average molecular weight is 396 g/mol. The summed E-state index contributed by atoms with van der Waals surface area (Å²) in [5.41, 5.74) is 4.16. The Kier molecular flexibility index (Phi) is 5.35. The van der Waals surface area contributed by atoms with E-state index in [4.69, 9.17) is 14.0 Å². The lowest BCUT2D eigenvalue weighted by molar-refractivity contribution is 0.00256. The summed E-state index contributed by atoms with van der Waals surface area (Å²) in [7, 11) is 1.64. The lowest BCUT2D eigenvalue weighted by Crippen LogP contribution is -2.29. The lowest BCUT2D eigenvalue weighted by Gasteiger charge is -2.25. The van der Waals surface area contributed by atoms with Crippen LogP contribution in [0, 0.1) is 13.8 Å². The Balaban J connectivity index is 1.39. The highest BCUT2D eigenvalue weighted by Gasteiger charge is 2.26. The van der Waals surface area contributed by atoms with Gasteiger partial charge in [-0.2, -0.15) is 0 Å². The fraction of sp³-hybridized carbons (Fsp3) is 0.381. The number of imidazole rings is 1. The second-order valence-electron chi connectivity index (χ2n) is 7.07. The third-order valence-corrected chi connectivity index (χ3v) is 5.27. The minimum Gasteiger partial charge on any atom is -0.497 e. The summed E-state index contributed by atoms with van der Waals surface area (Å²) in [4.78, 5) is 16.9. The number of benzene rings is 1. The third kappa shape index (κ3) is 3.88. The van der Waals surface area contributed by atoms with Gasteiger partial charge in [-0.1, -0.05) is 17.3 Å². The first-order valence-electron chi connectivity index (χ1n) is 9.56. The van der Waals surface area contributed by atoms with E-state index in [1.54, 1.807) is 13.4 Å². The average Bonchev–Trinajstić information content (AvgIpc) is 3.31. The van der Waals surface area contributed by atoms with Crippen molar-refractivity contribution < 1.29 is 18.8 Å². The number of amides is 1. The maximum absolute atomic E-state index is 12.6. The number of ether oxygens (including phenoxy) is 2. The molecular formula is C21H24N4O4. The van der Waals surface area contributed by atoms with Crippen LogP contribution in [0.3, 0.4) is 0 Å². The quantitative estimate of drug-likeness (QED) is 0.689. The highest BCUT2D eigenvalue weighted by atomic mass is 16.5. The number of nitrogens with one attached hydrogen (secondary N) is 1. The fourth-order valence-electron chi connectivity index (χ4n) is 3.58. The number of carbonyl (C=O) groups is 1. The van der Waals surface area contributed by atoms with Crippen molar-refractivity contribution in [3.8, 4) is 5.75 Å². The summed E-state index contributed by atoms with van der Waals surface area (Å²) >= 11 is 0. The van der Waals surface area contributed by atoms with E-state index < -0.39 is 0 Å². The van der Waals surface area contributed by atoms with E-state index in [-0.39, 0.29) is 12.0 Å². The van der Waals surface area contributed by atoms with Crippen LogP contribution in [0.4, 0.5) is 0 Å². The van der Waals surface area contributed by atoms with Crippen LogP contribution in [0.5, 0.6) is 5.75 Å². The molecule has 0 saturated heterocycles. The zero-order valence-electron chi connectivity index (χ0n) is 16.8. The Morgan fingerprint density at radius 1 is 1.31 bits per heavy atom. The maximum Gasteiger partial charge on any atom is 0.271 e. The number of aryl methyl sites for hydroxylation is 2. The van der Waals surface area contributed by atoms with E-state index in [9.17, 15) is 4.79 Å². The van der Waals surface area contributed by atoms with E-state index >= 15 is 0 Å². The second kappa shape index (κ2) is 8.08. The second-order valence-corrected chi connectivity index (χ2v) is 7.07. The van der Waals surface area contributed by atoms with Gasteiger partial charge in [-0.05, 0) is 38.0 Å². The van der Waals surface area contributed by atoms with Crippen LogP contribution < -0.4 is 10.1 Å². The van der Waals surface area contributed by atoms with Crippen molar-refractivity contribution in [3.63, 3.8) is 0 Å². The summed E-state index contributed by atoms with van der Waals surface area (Å²) in [5.74, 6) is 1.40. The maximum atomic E-state index is 12.6. The molecule has 1 N–H and O–H groups in total. The van der Waals surface area contributed by atoms with Gasteiger partial charge in [0.15, 0.2) is 5.69 Å². The van der Waals surface area contributed by atoms with Gasteiger partial charge in [0.1, 0.15) is 17.6 Å². The third-order valence-electron chi connectivity index (χ3n) is 5.27. The van der Waals surface area contributed by atoms with Crippen LogP contribution in [0.2, 0.25) is 0 Å². The summed E-state index contributed by atoms with van der Waals surface area (Å²) in [6.45, 7) is 5.21. The number of methoxy groups -OCH3 is 1. The van der Waals surface area contributed by atoms with Crippen LogP contribution in [0.25, 0.3) is 0 Å². The monoisotopic (exact) mass is 396 g/mol. The number of nitrogens with zero attached hydrogens (tertiary/aromatic N) is 3. The van der Waals surface area contributed by atoms with Crippen molar-refractivity contribution in [2.24, 2.45) is 0 Å². The van der Waals surface area contributed by atoms with Crippen molar-refractivity contribution in [3.05, 3.63) is 64.6 Å². The normalized spacial score (nSPS) is 15.8. The molecule has 1 amide bonds. The molecule has 3 aromatic rings. The van der Waals surface area contributed by atoms with E-state index in [2.05, 4.69) is 15.5 Å². The molecule has 8 heteroatoms. The lowest BCUT2D eigenvalue weighted by atomic mass is 10.1. The Morgan fingerprint density at radius 3 is 2.79 bits per heavy atom. The van der Waals surface area contributed by atoms with Gasteiger partial charge >= 0.3 is 0 Å². The molecule has 0 unspecified atom stereocenters. The predicted octanol–water partition coefficient (Wildman–Crippen LogP) is 2.74. The number of fused-ring (bicyclic) bond motifs is 1. The van der Waals surface area contributed by atoms with E-state index in [1.165, 1.54) is 0 Å². The number of hydrogen-bond acceptors (Lipinski definition) is 6. The Hall–Kier alpha value is -3.13. The zero-order chi connectivity index (χ0) is 20.4. The summed E-state index contributed by atoms with van der Waals surface area (Å²) in [5, 5.41) is 6.87. The van der Waals surface area contributed by atoms with Gasteiger partial charge in [0, 0.05) is 12.1 Å². The molecule has 1 aliphatic heterocycles. The number of hydrogen-bond donors (Lipinski definition) is 1. The van der Waals surface area contributed by atoms with Crippen molar-refractivity contribution in [2.75, 3.05) is 13.7 Å². The first-order valence-corrected chi connectivity index (χ1v) is 9.56. The number of rotatable bonds is 6. The van der Waals surface area contributed by atoms with Gasteiger partial charge in [-0.3, -0.25) is 4.79 Å². The number of carbonyl (C=O) groups excluding carboxylic acids is 1. The molecule has 1 atom stereocenters. The summed E-state index contributed by atoms with van der Waals surface area (Å²) < 4.78 is 18.4. The van der Waals surface area contributed by atoms with Gasteiger partial charge in [0.2, 0.25) is 0 Å². The van der Waals surface area contributed by atoms with Crippen LogP contribution in [0.1, 0.15) is 44.9 Å². The van der Waals surface area contributed by atoms with Crippen molar-refractivity contribution in [2.45, 2.75) is 39.5 Å². The molecule has 8 nitrogen and oxygen atoms in total. The van der Waals surface area contributed by atoms with Crippen molar-refractivity contribution in [1.82, 2.24) is 20.0 Å². The first kappa shape index (κ1) is 19.2. The van der Waals surface area contributed by atoms with Crippen LogP contribution in [-0.4, -0.2) is 34.3 Å². The molecule has 0 spiro atoms. The van der Waals surface area contributed by atoms with Gasteiger partial charge < -0.3 is 23.9 Å². The highest BCUT2D eigenvalue weighted by Crippen LogP contribution is 2.28. The molecule has 1 aromatic carbocycles. The summed E-state index contributed by atoms with van der Waals surface area (Å²) in [6.07, 6.45) is 2.29. The topological polar surface area (TPSA) is 91.4 Å². The minimum absolute atomic E-state index is 0.0851. The fourth-order valence-corrected chi connectivity index (χ4v) is 3.58. The van der Waals surface area contributed by atoms with Crippen LogP contribution >= 0.6 is 0 Å². The molecule has 29 heavy (non-hydrogen) atoms. The van der Waals surface area contributed by atoms with Crippen LogP contribution in [-0.2, 0) is 24.3 Å². The molecule has 152 valence electrons. The molecule has 1 aliphatic rings. The predicted molar refractivity (Wildman–Crippen MR) is 105 cm³/mol. The molecular weight excluding hydrogens is 372 g/mol. The Morgan fingerprint density at radius 2 is 2.10 bits per heavy atom. The zero-order valence-corrected chi connectivity index (χ0v) is 16.8. The summed E-state index contributed by atoms with van der Waals surface area (Å²) in [6, 6.07) is 7.82. The molecule has 0 radical (unpaired) electrons. The molecule has 2 aromatic heterocycles. The van der Waals surface area contributed by atoms with Crippen LogP contribution in [0.15, 0.2) is 35.1 Å². The van der Waals surface area contributed by atoms with Crippen molar-refractivity contribution >= 4 is 5.91 Å². The molecule has 0 saturated carbocycles. The SMILES string of the molecule is COc1ccc([C@@H]2Cn3cnc(C(=O)NCCc4c(C)noc4C)c3CO2)cc1. The molecule has 0 bridgehead atoms. The molecule has 4 rings (SSSR count). The van der Waals surface area contributed by atoms with Gasteiger partial charge in [-0.25, -0.2) is 4.98 Å².